The number of hydrogen-bond acceptors (Lipinski definition) is 4. The Morgan fingerprint density at radius 3 is 2.53 bits per heavy atom. The fourth-order valence-electron chi connectivity index (χ4n) is 0.869. The van der Waals surface area contributed by atoms with Crippen LogP contribution in [-0.2, 0) is 6.54 Å². The highest BCUT2D eigenvalue weighted by atomic mass is 35.5. The van der Waals surface area contributed by atoms with Gasteiger partial charge >= 0.3 is 6.36 Å². The first-order valence-electron chi connectivity index (χ1n) is 3.74. The van der Waals surface area contributed by atoms with Crippen molar-refractivity contribution >= 4 is 17.3 Å². The van der Waals surface area contributed by atoms with Crippen LogP contribution in [-0.4, -0.2) is 11.3 Å². The lowest BCUT2D eigenvalue weighted by molar-refractivity contribution is -0.275. The second kappa shape index (κ2) is 4.11. The third kappa shape index (κ3) is 3.14. The molecule has 1 aromatic heterocycles. The van der Waals surface area contributed by atoms with Crippen LogP contribution in [0.1, 0.15) is 5.56 Å². The van der Waals surface area contributed by atoms with E-state index in [0.29, 0.717) is 5.56 Å². The van der Waals surface area contributed by atoms with Crippen molar-refractivity contribution in [1.29, 1.82) is 0 Å². The topological polar surface area (TPSA) is 74.2 Å². The molecule has 0 aliphatic carbocycles. The Balaban J connectivity index is 3.05. The molecule has 8 heteroatoms. The van der Waals surface area contributed by atoms with E-state index in [1.807, 2.05) is 0 Å². The molecule has 15 heavy (non-hydrogen) atoms. The SMILES string of the molecule is NCc1cc(N)c(OC(F)(F)F)nc1Cl. The molecule has 0 unspecified atom stereocenters. The zero-order valence-electron chi connectivity index (χ0n) is 7.31. The fourth-order valence-corrected chi connectivity index (χ4v) is 1.08. The summed E-state index contributed by atoms with van der Waals surface area (Å²) in [5.74, 6) is -0.773. The molecule has 0 saturated carbocycles. The van der Waals surface area contributed by atoms with Crippen LogP contribution in [0.4, 0.5) is 18.9 Å². The first-order valence-corrected chi connectivity index (χ1v) is 4.12. The summed E-state index contributed by atoms with van der Waals surface area (Å²) in [6, 6.07) is 1.19. The number of hydrogen-bond donors (Lipinski definition) is 2. The minimum atomic E-state index is -4.85. The van der Waals surface area contributed by atoms with Gasteiger partial charge in [0.1, 0.15) is 5.15 Å². The van der Waals surface area contributed by atoms with Crippen LogP contribution >= 0.6 is 11.6 Å². The number of rotatable bonds is 2. The van der Waals surface area contributed by atoms with Gasteiger partial charge in [0.2, 0.25) is 5.88 Å². The first-order chi connectivity index (χ1) is 6.83. The molecule has 0 saturated heterocycles. The maximum Gasteiger partial charge on any atom is 0.574 e. The largest absolute Gasteiger partial charge is 0.574 e. The third-order valence-electron chi connectivity index (χ3n) is 1.47. The molecular formula is C7H7ClF3N3O. The molecule has 0 fully saturated rings. The zero-order chi connectivity index (χ0) is 11.6. The standard InChI is InChI=1S/C7H7ClF3N3O/c8-5-3(2-12)1-4(13)6(14-5)15-7(9,10)11/h1H,2,12-13H2. The Morgan fingerprint density at radius 2 is 2.07 bits per heavy atom. The van der Waals surface area contributed by atoms with Crippen molar-refractivity contribution < 1.29 is 17.9 Å². The van der Waals surface area contributed by atoms with Gasteiger partial charge in [0.05, 0.1) is 5.69 Å². The predicted molar refractivity (Wildman–Crippen MR) is 48.2 cm³/mol. The number of ether oxygens (including phenoxy) is 1. The van der Waals surface area contributed by atoms with Crippen LogP contribution in [0, 0.1) is 0 Å². The number of alkyl halides is 3. The van der Waals surface area contributed by atoms with Crippen molar-refractivity contribution in [2.75, 3.05) is 5.73 Å². The van der Waals surface area contributed by atoms with E-state index in [2.05, 4.69) is 9.72 Å². The molecule has 84 valence electrons. The van der Waals surface area contributed by atoms with E-state index in [1.54, 1.807) is 0 Å². The highest BCUT2D eigenvalue weighted by Crippen LogP contribution is 2.29. The van der Waals surface area contributed by atoms with E-state index < -0.39 is 12.2 Å². The van der Waals surface area contributed by atoms with Gasteiger partial charge in [0, 0.05) is 12.1 Å². The van der Waals surface area contributed by atoms with E-state index >= 15 is 0 Å². The number of nitrogen functional groups attached to an aromatic ring is 1. The van der Waals surface area contributed by atoms with Crippen molar-refractivity contribution in [1.82, 2.24) is 4.98 Å². The van der Waals surface area contributed by atoms with Crippen LogP contribution in [0.15, 0.2) is 6.07 Å². The molecule has 0 aliphatic rings. The number of pyridine rings is 1. The van der Waals surface area contributed by atoms with Gasteiger partial charge in [-0.3, -0.25) is 0 Å². The number of halogens is 4. The molecule has 1 rings (SSSR count). The van der Waals surface area contributed by atoms with Gasteiger partial charge in [-0.1, -0.05) is 11.6 Å². The van der Waals surface area contributed by atoms with Crippen molar-refractivity contribution in [3.05, 3.63) is 16.8 Å². The summed E-state index contributed by atoms with van der Waals surface area (Å²) in [7, 11) is 0. The molecule has 0 aliphatic heterocycles. The maximum absolute atomic E-state index is 11.8. The van der Waals surface area contributed by atoms with Gasteiger partial charge in [-0.05, 0) is 6.07 Å². The summed E-state index contributed by atoms with van der Waals surface area (Å²) in [5.41, 5.74) is 10.6. The molecule has 0 bridgehead atoms. The quantitative estimate of drug-likeness (QED) is 0.773. The Bertz CT molecular complexity index is 369. The lowest BCUT2D eigenvalue weighted by atomic mass is 10.2. The van der Waals surface area contributed by atoms with Crippen LogP contribution in [0.5, 0.6) is 5.88 Å². The highest BCUT2D eigenvalue weighted by Gasteiger charge is 2.33. The van der Waals surface area contributed by atoms with E-state index in [9.17, 15) is 13.2 Å². The zero-order valence-corrected chi connectivity index (χ0v) is 8.06. The fraction of sp³-hybridized carbons (Fsp3) is 0.286. The van der Waals surface area contributed by atoms with E-state index in [0.717, 1.165) is 0 Å². The molecule has 0 radical (unpaired) electrons. The molecule has 1 aromatic rings. The van der Waals surface area contributed by atoms with Crippen molar-refractivity contribution in [2.24, 2.45) is 5.73 Å². The van der Waals surface area contributed by atoms with Gasteiger partial charge in [0.25, 0.3) is 0 Å². The van der Waals surface area contributed by atoms with Crippen molar-refractivity contribution in [2.45, 2.75) is 12.9 Å². The van der Waals surface area contributed by atoms with Gasteiger partial charge in [0.15, 0.2) is 0 Å². The minimum absolute atomic E-state index is 0.0301. The van der Waals surface area contributed by atoms with E-state index in [-0.39, 0.29) is 17.4 Å². The van der Waals surface area contributed by atoms with Crippen LogP contribution in [0.3, 0.4) is 0 Å². The number of nitrogens with two attached hydrogens (primary N) is 2. The third-order valence-corrected chi connectivity index (χ3v) is 1.80. The molecule has 0 aromatic carbocycles. The van der Waals surface area contributed by atoms with E-state index in [4.69, 9.17) is 23.1 Å². The van der Waals surface area contributed by atoms with Crippen LogP contribution < -0.4 is 16.2 Å². The number of anilines is 1. The summed E-state index contributed by atoms with van der Waals surface area (Å²) in [6.45, 7) is 0.0301. The summed E-state index contributed by atoms with van der Waals surface area (Å²) in [4.78, 5) is 3.35. The number of nitrogens with zero attached hydrogens (tertiary/aromatic N) is 1. The van der Waals surface area contributed by atoms with Gasteiger partial charge in [-0.25, -0.2) is 0 Å². The highest BCUT2D eigenvalue weighted by molar-refractivity contribution is 6.30. The molecule has 0 spiro atoms. The Morgan fingerprint density at radius 1 is 1.47 bits per heavy atom. The monoisotopic (exact) mass is 241 g/mol. The average molecular weight is 242 g/mol. The molecule has 0 atom stereocenters. The first kappa shape index (κ1) is 11.9. The average Bonchev–Trinajstić information content (AvgIpc) is 2.08. The normalized spacial score (nSPS) is 11.5. The summed E-state index contributed by atoms with van der Waals surface area (Å²) in [5, 5.41) is -0.161. The molecule has 0 amide bonds. The minimum Gasteiger partial charge on any atom is -0.394 e. The summed E-state index contributed by atoms with van der Waals surface area (Å²) < 4.78 is 39.1. The molecule has 4 N–H and O–H groups in total. The second-order valence-corrected chi connectivity index (χ2v) is 2.94. The van der Waals surface area contributed by atoms with Crippen molar-refractivity contribution in [3.63, 3.8) is 0 Å². The van der Waals surface area contributed by atoms with E-state index in [1.165, 1.54) is 6.07 Å². The Labute approximate surface area is 88.0 Å². The van der Waals surface area contributed by atoms with Gasteiger partial charge in [-0.15, -0.1) is 13.2 Å². The van der Waals surface area contributed by atoms with Crippen LogP contribution in [0.25, 0.3) is 0 Å². The molecule has 4 nitrogen and oxygen atoms in total. The maximum atomic E-state index is 11.8. The van der Waals surface area contributed by atoms with Gasteiger partial charge < -0.3 is 16.2 Å². The summed E-state index contributed by atoms with van der Waals surface area (Å²) in [6.07, 6.45) is -4.85. The lowest BCUT2D eigenvalue weighted by Gasteiger charge is -2.11. The summed E-state index contributed by atoms with van der Waals surface area (Å²) >= 11 is 5.54. The molecular weight excluding hydrogens is 235 g/mol. The van der Waals surface area contributed by atoms with Crippen molar-refractivity contribution in [3.8, 4) is 5.88 Å². The predicted octanol–water partition coefficient (Wildman–Crippen LogP) is 1.67. The Hall–Kier alpha value is -1.21. The van der Waals surface area contributed by atoms with Crippen LogP contribution in [0.2, 0.25) is 5.15 Å². The lowest BCUT2D eigenvalue weighted by Crippen LogP contribution is -2.19. The second-order valence-electron chi connectivity index (χ2n) is 2.58. The Kier molecular flexibility index (Phi) is 3.25. The number of aromatic nitrogens is 1. The molecule has 1 heterocycles. The van der Waals surface area contributed by atoms with Gasteiger partial charge in [-0.2, -0.15) is 4.98 Å². The smallest absolute Gasteiger partial charge is 0.394 e.